The number of aryl methyl sites for hydroxylation is 1. The highest BCUT2D eigenvalue weighted by molar-refractivity contribution is 5.98. The van der Waals surface area contributed by atoms with Crippen LogP contribution >= 0.6 is 0 Å². The van der Waals surface area contributed by atoms with Gasteiger partial charge in [0.25, 0.3) is 0 Å². The summed E-state index contributed by atoms with van der Waals surface area (Å²) in [4.78, 5) is 37.3. The maximum atomic E-state index is 13.2. The molecule has 0 aliphatic carbocycles. The van der Waals surface area contributed by atoms with Crippen molar-refractivity contribution < 1.29 is 9.59 Å². The van der Waals surface area contributed by atoms with Crippen LogP contribution in [0.2, 0.25) is 0 Å². The second-order valence-electron chi connectivity index (χ2n) is 9.37. The Morgan fingerprint density at radius 2 is 2.00 bits per heavy atom. The van der Waals surface area contributed by atoms with Gasteiger partial charge in [-0.25, -0.2) is 0 Å². The van der Waals surface area contributed by atoms with Crippen molar-refractivity contribution >= 4 is 22.7 Å². The molecule has 1 aromatic carbocycles. The van der Waals surface area contributed by atoms with Gasteiger partial charge in [-0.2, -0.15) is 0 Å². The molecule has 2 aromatic heterocycles. The quantitative estimate of drug-likeness (QED) is 0.647. The van der Waals surface area contributed by atoms with Gasteiger partial charge in [-0.1, -0.05) is 11.6 Å². The summed E-state index contributed by atoms with van der Waals surface area (Å²) in [5.41, 5.74) is 5.87. The summed E-state index contributed by atoms with van der Waals surface area (Å²) < 4.78 is 0. The van der Waals surface area contributed by atoms with Crippen LogP contribution in [0.25, 0.3) is 22.0 Å². The summed E-state index contributed by atoms with van der Waals surface area (Å²) in [5, 5.41) is 4.10. The summed E-state index contributed by atoms with van der Waals surface area (Å²) >= 11 is 0. The first-order chi connectivity index (χ1) is 16.0. The van der Waals surface area contributed by atoms with Crippen LogP contribution in [0.5, 0.6) is 0 Å². The lowest BCUT2D eigenvalue weighted by molar-refractivity contribution is -0.139. The Bertz CT molecular complexity index is 1170. The fourth-order valence-electron chi connectivity index (χ4n) is 5.27. The molecule has 0 radical (unpaired) electrons. The van der Waals surface area contributed by atoms with Crippen LogP contribution < -0.4 is 5.32 Å². The molecule has 2 atom stereocenters. The molecule has 2 saturated heterocycles. The third-order valence-electron chi connectivity index (χ3n) is 7.10. The third-order valence-corrected chi connectivity index (χ3v) is 7.10. The van der Waals surface area contributed by atoms with E-state index in [4.69, 9.17) is 0 Å². The topological polar surface area (TPSA) is 81.3 Å². The van der Waals surface area contributed by atoms with Gasteiger partial charge in [-0.3, -0.25) is 19.5 Å². The summed E-state index contributed by atoms with van der Waals surface area (Å²) in [7, 11) is 1.92. The number of hydrogen-bond acceptors (Lipinski definition) is 4. The first-order valence-electron chi connectivity index (χ1n) is 11.8. The molecule has 4 heterocycles. The van der Waals surface area contributed by atoms with Crippen molar-refractivity contribution in [2.24, 2.45) is 0 Å². The van der Waals surface area contributed by atoms with Crippen LogP contribution in [0.4, 0.5) is 0 Å². The number of piperidine rings is 1. The molecular weight excluding hydrogens is 414 g/mol. The number of nitrogens with one attached hydrogen (secondary N) is 2. The van der Waals surface area contributed by atoms with E-state index in [2.05, 4.69) is 52.5 Å². The molecule has 0 saturated carbocycles. The zero-order chi connectivity index (χ0) is 22.9. The lowest BCUT2D eigenvalue weighted by Crippen LogP contribution is -2.55. The molecule has 2 N–H and O–H groups in total. The van der Waals surface area contributed by atoms with Crippen LogP contribution in [0.15, 0.2) is 42.7 Å². The molecule has 33 heavy (non-hydrogen) atoms. The maximum absolute atomic E-state index is 13.2. The van der Waals surface area contributed by atoms with E-state index in [-0.39, 0.29) is 30.2 Å². The van der Waals surface area contributed by atoms with Crippen molar-refractivity contribution in [2.75, 3.05) is 33.2 Å². The lowest BCUT2D eigenvalue weighted by atomic mass is 9.89. The van der Waals surface area contributed by atoms with Crippen LogP contribution in [-0.4, -0.2) is 70.9 Å². The van der Waals surface area contributed by atoms with E-state index >= 15 is 0 Å². The van der Waals surface area contributed by atoms with Gasteiger partial charge < -0.3 is 15.2 Å². The number of hydrogen-bond donors (Lipinski definition) is 2. The summed E-state index contributed by atoms with van der Waals surface area (Å²) in [6.07, 6.45) is 5.87. The highest BCUT2D eigenvalue weighted by Gasteiger charge is 2.33. The van der Waals surface area contributed by atoms with E-state index in [9.17, 15) is 9.59 Å². The summed E-state index contributed by atoms with van der Waals surface area (Å²) in [5.74, 6) is 0.235. The second-order valence-corrected chi connectivity index (χ2v) is 9.37. The number of likely N-dealkylation sites (tertiary alicyclic amines) is 1. The molecule has 2 fully saturated rings. The van der Waals surface area contributed by atoms with E-state index in [1.807, 2.05) is 29.2 Å². The SMILES string of the molecule is Cc1ccc2[nH]c([C@@H]3CCCN(C(=O)C[C@@H]4C(=O)NCCN4C)C3)c(-c3ccncc3)c2c1. The number of carbonyl (C=O) groups is 2. The molecule has 7 nitrogen and oxygen atoms in total. The van der Waals surface area contributed by atoms with E-state index in [0.29, 0.717) is 13.1 Å². The minimum absolute atomic E-state index is 0.0448. The number of rotatable bonds is 4. The predicted octanol–water partition coefficient (Wildman–Crippen LogP) is 3.06. The standard InChI is InChI=1S/C26H31N5O2/c1-17-5-6-21-20(14-17)24(18-7-9-27-10-8-18)25(29-21)19-4-3-12-31(16-19)23(32)15-22-26(33)28-11-13-30(22)2/h5-10,14,19,22,29H,3-4,11-13,15-16H2,1-2H3,(H,28,33)/t19-,22-/m1/s1. The number of H-pyrrole nitrogens is 1. The van der Waals surface area contributed by atoms with Gasteiger partial charge in [0, 0.05) is 66.7 Å². The zero-order valence-electron chi connectivity index (χ0n) is 19.3. The fraction of sp³-hybridized carbons (Fsp3) is 0.423. The van der Waals surface area contributed by atoms with Gasteiger partial charge in [0.2, 0.25) is 11.8 Å². The molecule has 2 aliphatic rings. The van der Waals surface area contributed by atoms with Crippen molar-refractivity contribution in [3.05, 3.63) is 54.0 Å². The fourth-order valence-corrected chi connectivity index (χ4v) is 5.27. The smallest absolute Gasteiger partial charge is 0.237 e. The molecule has 7 heteroatoms. The van der Waals surface area contributed by atoms with Gasteiger partial charge in [-0.05, 0) is 56.6 Å². The van der Waals surface area contributed by atoms with Crippen molar-refractivity contribution in [3.8, 4) is 11.1 Å². The molecule has 0 bridgehead atoms. The molecular formula is C26H31N5O2. The van der Waals surface area contributed by atoms with Crippen LogP contribution in [-0.2, 0) is 9.59 Å². The number of aromatic nitrogens is 2. The minimum atomic E-state index is -0.380. The normalized spacial score (nSPS) is 21.9. The predicted molar refractivity (Wildman–Crippen MR) is 129 cm³/mol. The Hall–Kier alpha value is -3.19. The van der Waals surface area contributed by atoms with E-state index < -0.39 is 0 Å². The van der Waals surface area contributed by atoms with Crippen LogP contribution in [0.3, 0.4) is 0 Å². The highest BCUT2D eigenvalue weighted by atomic mass is 16.2. The lowest BCUT2D eigenvalue weighted by Gasteiger charge is -2.36. The summed E-state index contributed by atoms with van der Waals surface area (Å²) in [6.45, 7) is 4.94. The molecule has 3 aromatic rings. The van der Waals surface area contributed by atoms with Crippen molar-refractivity contribution in [1.82, 2.24) is 25.1 Å². The monoisotopic (exact) mass is 445 g/mol. The van der Waals surface area contributed by atoms with E-state index in [1.54, 1.807) is 0 Å². The third kappa shape index (κ3) is 4.25. The van der Waals surface area contributed by atoms with Gasteiger partial charge in [0.1, 0.15) is 0 Å². The van der Waals surface area contributed by atoms with E-state index in [1.165, 1.54) is 22.2 Å². The average molecular weight is 446 g/mol. The number of fused-ring (bicyclic) bond motifs is 1. The number of likely N-dealkylation sites (N-methyl/N-ethyl adjacent to an activating group) is 1. The van der Waals surface area contributed by atoms with Crippen LogP contribution in [0, 0.1) is 6.92 Å². The Kier molecular flexibility index (Phi) is 5.89. The number of benzene rings is 1. The molecule has 0 unspecified atom stereocenters. The number of carbonyl (C=O) groups excluding carboxylic acids is 2. The number of aromatic amines is 1. The zero-order valence-corrected chi connectivity index (χ0v) is 19.3. The van der Waals surface area contributed by atoms with Crippen LogP contribution in [0.1, 0.15) is 36.4 Å². The molecule has 2 amide bonds. The first kappa shape index (κ1) is 21.6. The van der Waals surface area contributed by atoms with E-state index in [0.717, 1.165) is 37.0 Å². The van der Waals surface area contributed by atoms with Crippen molar-refractivity contribution in [2.45, 2.75) is 38.1 Å². The van der Waals surface area contributed by atoms with Gasteiger partial charge in [0.15, 0.2) is 0 Å². The molecule has 2 aliphatic heterocycles. The minimum Gasteiger partial charge on any atom is -0.358 e. The van der Waals surface area contributed by atoms with Crippen molar-refractivity contribution in [3.63, 3.8) is 0 Å². The Labute approximate surface area is 194 Å². The van der Waals surface area contributed by atoms with Gasteiger partial charge in [-0.15, -0.1) is 0 Å². The summed E-state index contributed by atoms with van der Waals surface area (Å²) in [6, 6.07) is 10.2. The Morgan fingerprint density at radius 3 is 2.79 bits per heavy atom. The largest absolute Gasteiger partial charge is 0.358 e. The highest BCUT2D eigenvalue weighted by Crippen LogP contribution is 2.39. The average Bonchev–Trinajstić information content (AvgIpc) is 3.20. The maximum Gasteiger partial charge on any atom is 0.237 e. The number of nitrogens with zero attached hydrogens (tertiary/aromatic N) is 3. The molecule has 5 rings (SSSR count). The number of piperazine rings is 1. The Morgan fingerprint density at radius 1 is 1.18 bits per heavy atom. The second kappa shape index (κ2) is 8.98. The van der Waals surface area contributed by atoms with Gasteiger partial charge >= 0.3 is 0 Å². The molecule has 0 spiro atoms. The number of amides is 2. The first-order valence-corrected chi connectivity index (χ1v) is 11.8. The Balaban J connectivity index is 1.43. The van der Waals surface area contributed by atoms with Crippen molar-refractivity contribution in [1.29, 1.82) is 0 Å². The van der Waals surface area contributed by atoms with Gasteiger partial charge in [0.05, 0.1) is 12.5 Å². The number of pyridine rings is 1. The molecule has 172 valence electrons.